The number of aromatic nitrogens is 3. The van der Waals surface area contributed by atoms with Gasteiger partial charge in [-0.3, -0.25) is 10.1 Å². The number of nitrogens with one attached hydrogen (secondary N) is 3. The molecule has 2 aromatic rings. The Kier molecular flexibility index (Phi) is 5.15. The molecule has 7 nitrogen and oxygen atoms in total. The SMILES string of the molecule is O=C1NCCCCC(F)(F)c2cc(ccn2)Nc2cc([nH]n2)[C@H]2CC[C@H](C2)O1. The Morgan fingerprint density at radius 3 is 3.00 bits per heavy atom. The number of hydrogen-bond donors (Lipinski definition) is 3. The highest BCUT2D eigenvalue weighted by molar-refractivity contribution is 5.67. The number of nitrogens with zero attached hydrogens (tertiary/aromatic N) is 2. The molecule has 9 heteroatoms. The maximum Gasteiger partial charge on any atom is 0.407 e. The van der Waals surface area contributed by atoms with Gasteiger partial charge in [0.1, 0.15) is 11.8 Å². The molecule has 0 saturated heterocycles. The number of anilines is 2. The zero-order valence-electron chi connectivity index (χ0n) is 15.4. The minimum absolute atomic E-state index is 0.143. The number of carbonyl (C=O) groups excluding carboxylic acids is 1. The summed E-state index contributed by atoms with van der Waals surface area (Å²) in [7, 11) is 0. The fourth-order valence-corrected chi connectivity index (χ4v) is 3.78. The summed E-state index contributed by atoms with van der Waals surface area (Å²) >= 11 is 0. The molecule has 1 aliphatic heterocycles. The Morgan fingerprint density at radius 1 is 1.21 bits per heavy atom. The van der Waals surface area contributed by atoms with E-state index in [2.05, 4.69) is 25.8 Å². The van der Waals surface area contributed by atoms with Crippen molar-refractivity contribution in [1.29, 1.82) is 0 Å². The number of halogens is 2. The molecule has 2 aliphatic rings. The number of H-pyrrole nitrogens is 1. The Bertz CT molecular complexity index is 841. The van der Waals surface area contributed by atoms with Crippen LogP contribution in [-0.4, -0.2) is 33.9 Å². The number of amides is 1. The van der Waals surface area contributed by atoms with Crippen LogP contribution in [-0.2, 0) is 10.7 Å². The van der Waals surface area contributed by atoms with E-state index >= 15 is 0 Å². The van der Waals surface area contributed by atoms with Crippen molar-refractivity contribution in [3.63, 3.8) is 0 Å². The molecule has 150 valence electrons. The standard InChI is InChI=1S/C19H23F2N5O2/c20-19(21)6-1-2-7-23-18(27)28-14-4-3-12(9-14)15-11-17(26-25-15)24-13-5-8-22-16(19)10-13/h5,8,10-12,14H,1-4,6-7,9H2,(H,23,27)(H2,24,25,26)/t12-,14+/m0/s1. The van der Waals surface area contributed by atoms with E-state index in [1.807, 2.05) is 6.07 Å². The van der Waals surface area contributed by atoms with Crippen LogP contribution in [0.2, 0.25) is 0 Å². The number of alkyl halides is 2. The predicted octanol–water partition coefficient (Wildman–Crippen LogP) is 4.19. The maximum absolute atomic E-state index is 14.5. The van der Waals surface area contributed by atoms with E-state index in [1.165, 1.54) is 12.3 Å². The zero-order chi connectivity index (χ0) is 19.6. The average molecular weight is 391 g/mol. The summed E-state index contributed by atoms with van der Waals surface area (Å²) in [5.74, 6) is -2.27. The van der Waals surface area contributed by atoms with Crippen molar-refractivity contribution in [3.8, 4) is 0 Å². The van der Waals surface area contributed by atoms with Gasteiger partial charge in [-0.2, -0.15) is 13.9 Å². The van der Waals surface area contributed by atoms with Crippen molar-refractivity contribution < 1.29 is 18.3 Å². The van der Waals surface area contributed by atoms with Gasteiger partial charge in [0.25, 0.3) is 5.92 Å². The number of rotatable bonds is 0. The normalized spacial score (nSPS) is 25.0. The van der Waals surface area contributed by atoms with Crippen molar-refractivity contribution >= 4 is 17.6 Å². The molecule has 1 saturated carbocycles. The van der Waals surface area contributed by atoms with Gasteiger partial charge in [-0.05, 0) is 44.2 Å². The van der Waals surface area contributed by atoms with Crippen molar-refractivity contribution in [2.24, 2.45) is 0 Å². The number of pyridine rings is 1. The average Bonchev–Trinajstić information content (AvgIpc) is 3.30. The molecule has 1 aliphatic carbocycles. The number of aromatic amines is 1. The molecule has 0 radical (unpaired) electrons. The van der Waals surface area contributed by atoms with Crippen LogP contribution in [0.4, 0.5) is 25.1 Å². The summed E-state index contributed by atoms with van der Waals surface area (Å²) < 4.78 is 34.4. The van der Waals surface area contributed by atoms with Gasteiger partial charge in [0, 0.05) is 42.5 Å². The van der Waals surface area contributed by atoms with Crippen LogP contribution in [0.1, 0.15) is 55.8 Å². The molecule has 6 bridgehead atoms. The van der Waals surface area contributed by atoms with Crippen LogP contribution in [0.3, 0.4) is 0 Å². The van der Waals surface area contributed by atoms with E-state index in [4.69, 9.17) is 4.74 Å². The molecular formula is C19H23F2N5O2. The Morgan fingerprint density at radius 2 is 2.11 bits per heavy atom. The van der Waals surface area contributed by atoms with Crippen LogP contribution < -0.4 is 10.6 Å². The lowest BCUT2D eigenvalue weighted by Crippen LogP contribution is -2.29. The molecule has 4 rings (SSSR count). The lowest BCUT2D eigenvalue weighted by atomic mass is 10.0. The molecule has 1 amide bonds. The first kappa shape index (κ1) is 18.6. The first-order valence-electron chi connectivity index (χ1n) is 9.61. The summed E-state index contributed by atoms with van der Waals surface area (Å²) in [4.78, 5) is 15.8. The molecule has 3 N–H and O–H groups in total. The van der Waals surface area contributed by atoms with Crippen LogP contribution in [0.5, 0.6) is 0 Å². The van der Waals surface area contributed by atoms with Gasteiger partial charge in [-0.15, -0.1) is 0 Å². The van der Waals surface area contributed by atoms with E-state index < -0.39 is 12.0 Å². The number of ether oxygens (including phenoxy) is 1. The van der Waals surface area contributed by atoms with E-state index in [9.17, 15) is 13.6 Å². The number of hydrogen-bond acceptors (Lipinski definition) is 5. The largest absolute Gasteiger partial charge is 0.446 e. The van der Waals surface area contributed by atoms with E-state index in [-0.39, 0.29) is 30.6 Å². The van der Waals surface area contributed by atoms with Gasteiger partial charge in [-0.25, -0.2) is 4.79 Å². The van der Waals surface area contributed by atoms with Crippen LogP contribution >= 0.6 is 0 Å². The molecular weight excluding hydrogens is 368 g/mol. The highest BCUT2D eigenvalue weighted by atomic mass is 19.3. The van der Waals surface area contributed by atoms with Crippen molar-refractivity contribution in [1.82, 2.24) is 20.5 Å². The summed E-state index contributed by atoms with van der Waals surface area (Å²) in [6, 6.07) is 4.87. The third-order valence-corrected chi connectivity index (χ3v) is 5.29. The Balaban J connectivity index is 1.57. The summed E-state index contributed by atoms with van der Waals surface area (Å²) in [6.45, 7) is 0.310. The second kappa shape index (κ2) is 7.73. The fourth-order valence-electron chi connectivity index (χ4n) is 3.78. The van der Waals surface area contributed by atoms with Gasteiger partial charge in [-0.1, -0.05) is 0 Å². The predicted molar refractivity (Wildman–Crippen MR) is 98.7 cm³/mol. The quantitative estimate of drug-likeness (QED) is 0.626. The van der Waals surface area contributed by atoms with Crippen LogP contribution in [0, 0.1) is 0 Å². The van der Waals surface area contributed by atoms with Crippen molar-refractivity contribution in [3.05, 3.63) is 35.8 Å². The van der Waals surface area contributed by atoms with Gasteiger partial charge >= 0.3 is 6.09 Å². The summed E-state index contributed by atoms with van der Waals surface area (Å²) in [5, 5.41) is 12.9. The molecule has 3 heterocycles. The zero-order valence-corrected chi connectivity index (χ0v) is 15.4. The van der Waals surface area contributed by atoms with Gasteiger partial charge in [0.2, 0.25) is 0 Å². The van der Waals surface area contributed by atoms with Crippen molar-refractivity contribution in [2.45, 2.75) is 56.5 Å². The second-order valence-corrected chi connectivity index (χ2v) is 7.39. The lowest BCUT2D eigenvalue weighted by Gasteiger charge is -2.17. The van der Waals surface area contributed by atoms with Crippen LogP contribution in [0.15, 0.2) is 24.4 Å². The highest BCUT2D eigenvalue weighted by Crippen LogP contribution is 2.37. The first-order valence-corrected chi connectivity index (χ1v) is 9.61. The van der Waals surface area contributed by atoms with Crippen molar-refractivity contribution in [2.75, 3.05) is 11.9 Å². The minimum atomic E-state index is -3.04. The molecule has 0 spiro atoms. The maximum atomic E-state index is 14.5. The van der Waals surface area contributed by atoms with E-state index in [0.29, 0.717) is 24.5 Å². The third kappa shape index (κ3) is 4.23. The van der Waals surface area contributed by atoms with Gasteiger partial charge in [0.15, 0.2) is 5.82 Å². The van der Waals surface area contributed by atoms with Gasteiger partial charge in [0.05, 0.1) is 0 Å². The molecule has 28 heavy (non-hydrogen) atoms. The lowest BCUT2D eigenvalue weighted by molar-refractivity contribution is -0.0199. The fraction of sp³-hybridized carbons (Fsp3) is 0.526. The number of alkyl carbamates (subject to hydrolysis) is 1. The summed E-state index contributed by atoms with van der Waals surface area (Å²) in [5.41, 5.74) is 1.18. The van der Waals surface area contributed by atoms with E-state index in [0.717, 1.165) is 25.0 Å². The Hall–Kier alpha value is -2.71. The number of fused-ring (bicyclic) bond motifs is 7. The third-order valence-electron chi connectivity index (χ3n) is 5.29. The topological polar surface area (TPSA) is 91.9 Å². The smallest absolute Gasteiger partial charge is 0.407 e. The Labute approximate surface area is 161 Å². The highest BCUT2D eigenvalue weighted by Gasteiger charge is 2.33. The summed E-state index contributed by atoms with van der Waals surface area (Å²) in [6.07, 6.45) is 3.54. The molecule has 2 atom stereocenters. The number of carbonyl (C=O) groups is 1. The monoisotopic (exact) mass is 391 g/mol. The van der Waals surface area contributed by atoms with Gasteiger partial charge < -0.3 is 15.4 Å². The minimum Gasteiger partial charge on any atom is -0.446 e. The second-order valence-electron chi connectivity index (χ2n) is 7.39. The van der Waals surface area contributed by atoms with Crippen LogP contribution in [0.25, 0.3) is 0 Å². The first-order chi connectivity index (χ1) is 13.5. The van der Waals surface area contributed by atoms with E-state index in [1.54, 1.807) is 6.07 Å². The molecule has 0 aromatic carbocycles. The molecule has 1 fully saturated rings. The molecule has 2 aromatic heterocycles. The molecule has 0 unspecified atom stereocenters.